The molecule has 108 valence electrons. The lowest BCUT2D eigenvalue weighted by atomic mass is 9.80. The fourth-order valence-electron chi connectivity index (χ4n) is 2.51. The topological polar surface area (TPSA) is 85.1 Å². The SMILES string of the molecule is COC1(CNc2nc(NN)nc3sc(C)cc23)CCC1. The van der Waals surface area contributed by atoms with E-state index in [1.165, 1.54) is 11.3 Å². The van der Waals surface area contributed by atoms with E-state index >= 15 is 0 Å². The van der Waals surface area contributed by atoms with Crippen LogP contribution in [0.3, 0.4) is 0 Å². The average molecular weight is 293 g/mol. The van der Waals surface area contributed by atoms with E-state index in [4.69, 9.17) is 10.6 Å². The molecular weight excluding hydrogens is 274 g/mol. The first-order chi connectivity index (χ1) is 9.65. The Kier molecular flexibility index (Phi) is 3.49. The van der Waals surface area contributed by atoms with Gasteiger partial charge in [-0.15, -0.1) is 11.3 Å². The Bertz CT molecular complexity index is 617. The molecule has 0 bridgehead atoms. The Morgan fingerprint density at radius 1 is 1.45 bits per heavy atom. The van der Waals surface area contributed by atoms with Crippen molar-refractivity contribution in [2.45, 2.75) is 31.8 Å². The number of nitrogens with two attached hydrogens (primary N) is 1. The number of thiophene rings is 1. The maximum absolute atomic E-state index is 5.63. The fraction of sp³-hybridized carbons (Fsp3) is 0.538. The number of methoxy groups -OCH3 is 1. The van der Waals surface area contributed by atoms with Gasteiger partial charge < -0.3 is 10.1 Å². The van der Waals surface area contributed by atoms with E-state index < -0.39 is 0 Å². The van der Waals surface area contributed by atoms with Crippen molar-refractivity contribution in [3.63, 3.8) is 0 Å². The van der Waals surface area contributed by atoms with Gasteiger partial charge in [0.05, 0.1) is 11.0 Å². The molecule has 2 aromatic heterocycles. The van der Waals surface area contributed by atoms with Crippen molar-refractivity contribution in [2.24, 2.45) is 5.84 Å². The largest absolute Gasteiger partial charge is 0.376 e. The molecular formula is C13H19N5OS. The third-order valence-electron chi connectivity index (χ3n) is 3.92. The van der Waals surface area contributed by atoms with Crippen LogP contribution in [0.4, 0.5) is 11.8 Å². The summed E-state index contributed by atoms with van der Waals surface area (Å²) in [6.45, 7) is 2.82. The van der Waals surface area contributed by atoms with Crippen molar-refractivity contribution in [2.75, 3.05) is 24.4 Å². The summed E-state index contributed by atoms with van der Waals surface area (Å²) in [6.07, 6.45) is 3.41. The molecule has 3 rings (SSSR count). The van der Waals surface area contributed by atoms with E-state index in [-0.39, 0.29) is 5.60 Å². The summed E-state index contributed by atoms with van der Waals surface area (Å²) < 4.78 is 5.63. The highest BCUT2D eigenvalue weighted by atomic mass is 32.1. The zero-order valence-electron chi connectivity index (χ0n) is 11.7. The normalized spacial score (nSPS) is 16.9. The number of hydrogen-bond acceptors (Lipinski definition) is 7. The standard InChI is InChI=1S/C13H19N5OS/c1-8-6-9-10(15-7-13(19-2)4-3-5-13)16-12(18-14)17-11(9)20-8/h6H,3-5,7,14H2,1-2H3,(H2,15,16,17,18). The van der Waals surface area contributed by atoms with Crippen LogP contribution < -0.4 is 16.6 Å². The molecule has 0 radical (unpaired) electrons. The van der Waals surface area contributed by atoms with Crippen molar-refractivity contribution in [3.05, 3.63) is 10.9 Å². The van der Waals surface area contributed by atoms with Gasteiger partial charge in [0.25, 0.3) is 0 Å². The van der Waals surface area contributed by atoms with Gasteiger partial charge in [-0.25, -0.2) is 10.8 Å². The second-order valence-corrected chi connectivity index (χ2v) is 6.45. The van der Waals surface area contributed by atoms with Crippen LogP contribution in [-0.2, 0) is 4.74 Å². The molecule has 0 amide bonds. The van der Waals surface area contributed by atoms with Crippen LogP contribution >= 0.6 is 11.3 Å². The molecule has 0 saturated heterocycles. The van der Waals surface area contributed by atoms with Crippen LogP contribution in [0, 0.1) is 6.92 Å². The minimum atomic E-state index is -0.0430. The molecule has 0 unspecified atom stereocenters. The summed E-state index contributed by atoms with van der Waals surface area (Å²) in [4.78, 5) is 10.9. The summed E-state index contributed by atoms with van der Waals surface area (Å²) in [6, 6.07) is 2.10. The Balaban J connectivity index is 1.89. The first kappa shape index (κ1) is 13.5. The second-order valence-electron chi connectivity index (χ2n) is 5.21. The van der Waals surface area contributed by atoms with Crippen molar-refractivity contribution >= 4 is 33.3 Å². The first-order valence-electron chi connectivity index (χ1n) is 6.70. The van der Waals surface area contributed by atoms with Gasteiger partial charge in [0.15, 0.2) is 0 Å². The number of aromatic nitrogens is 2. The zero-order chi connectivity index (χ0) is 14.2. The summed E-state index contributed by atoms with van der Waals surface area (Å²) in [5.74, 6) is 6.69. The summed E-state index contributed by atoms with van der Waals surface area (Å²) in [5.41, 5.74) is 2.48. The third-order valence-corrected chi connectivity index (χ3v) is 4.87. The van der Waals surface area contributed by atoms with Crippen molar-refractivity contribution in [1.82, 2.24) is 9.97 Å². The molecule has 4 N–H and O–H groups in total. The maximum Gasteiger partial charge on any atom is 0.240 e. The molecule has 0 aliphatic heterocycles. The number of ether oxygens (including phenoxy) is 1. The summed E-state index contributed by atoms with van der Waals surface area (Å²) in [5, 5.41) is 4.44. The molecule has 1 aliphatic rings. The number of anilines is 2. The predicted octanol–water partition coefficient (Wildman–Crippen LogP) is 2.27. The van der Waals surface area contributed by atoms with E-state index in [0.717, 1.165) is 35.4 Å². The minimum absolute atomic E-state index is 0.0430. The molecule has 2 aromatic rings. The van der Waals surface area contributed by atoms with E-state index in [2.05, 4.69) is 33.7 Å². The van der Waals surface area contributed by atoms with Crippen LogP contribution in [0.25, 0.3) is 10.2 Å². The summed E-state index contributed by atoms with van der Waals surface area (Å²) in [7, 11) is 1.78. The second kappa shape index (κ2) is 5.16. The van der Waals surface area contributed by atoms with Crippen LogP contribution in [0.5, 0.6) is 0 Å². The quantitative estimate of drug-likeness (QED) is 0.579. The molecule has 1 aliphatic carbocycles. The highest BCUT2D eigenvalue weighted by molar-refractivity contribution is 7.18. The number of aryl methyl sites for hydroxylation is 1. The molecule has 20 heavy (non-hydrogen) atoms. The number of rotatable bonds is 5. The summed E-state index contributed by atoms with van der Waals surface area (Å²) >= 11 is 1.64. The monoisotopic (exact) mass is 293 g/mol. The number of nitrogens with one attached hydrogen (secondary N) is 2. The van der Waals surface area contributed by atoms with E-state index in [9.17, 15) is 0 Å². The van der Waals surface area contributed by atoms with Crippen molar-refractivity contribution < 1.29 is 4.74 Å². The van der Waals surface area contributed by atoms with Gasteiger partial charge in [-0.3, -0.25) is 5.43 Å². The lowest BCUT2D eigenvalue weighted by molar-refractivity contribution is -0.0601. The zero-order valence-corrected chi connectivity index (χ0v) is 12.5. The number of hydrogen-bond donors (Lipinski definition) is 3. The molecule has 6 nitrogen and oxygen atoms in total. The maximum atomic E-state index is 5.63. The lowest BCUT2D eigenvalue weighted by Gasteiger charge is -2.40. The van der Waals surface area contributed by atoms with Crippen molar-refractivity contribution in [3.8, 4) is 0 Å². The molecule has 7 heteroatoms. The van der Waals surface area contributed by atoms with Gasteiger partial charge >= 0.3 is 0 Å². The molecule has 0 atom stereocenters. The molecule has 0 aromatic carbocycles. The van der Waals surface area contributed by atoms with Gasteiger partial charge in [0.1, 0.15) is 10.6 Å². The molecule has 1 fully saturated rings. The van der Waals surface area contributed by atoms with Crippen LogP contribution in [-0.4, -0.2) is 29.2 Å². The van der Waals surface area contributed by atoms with Gasteiger partial charge in [-0.1, -0.05) is 0 Å². The Morgan fingerprint density at radius 3 is 2.85 bits per heavy atom. The molecule has 0 spiro atoms. The van der Waals surface area contributed by atoms with Crippen LogP contribution in [0.15, 0.2) is 6.07 Å². The highest BCUT2D eigenvalue weighted by Gasteiger charge is 2.36. The Hall–Kier alpha value is -1.44. The first-order valence-corrected chi connectivity index (χ1v) is 7.51. The van der Waals surface area contributed by atoms with Gasteiger partial charge in [0, 0.05) is 18.5 Å². The highest BCUT2D eigenvalue weighted by Crippen LogP contribution is 2.36. The van der Waals surface area contributed by atoms with Gasteiger partial charge in [-0.2, -0.15) is 4.98 Å². The molecule has 1 saturated carbocycles. The van der Waals surface area contributed by atoms with E-state index in [1.807, 2.05) is 0 Å². The van der Waals surface area contributed by atoms with E-state index in [1.54, 1.807) is 18.4 Å². The fourth-order valence-corrected chi connectivity index (χ4v) is 3.39. The lowest BCUT2D eigenvalue weighted by Crippen LogP contribution is -2.45. The van der Waals surface area contributed by atoms with Crippen LogP contribution in [0.1, 0.15) is 24.1 Å². The Morgan fingerprint density at radius 2 is 2.25 bits per heavy atom. The minimum Gasteiger partial charge on any atom is -0.376 e. The number of fused-ring (bicyclic) bond motifs is 1. The number of nitrogen functional groups attached to an aromatic ring is 1. The molecule has 2 heterocycles. The smallest absolute Gasteiger partial charge is 0.240 e. The third kappa shape index (κ3) is 2.32. The Labute approximate surface area is 121 Å². The van der Waals surface area contributed by atoms with Gasteiger partial charge in [0.2, 0.25) is 5.95 Å². The predicted molar refractivity (Wildman–Crippen MR) is 82.0 cm³/mol. The van der Waals surface area contributed by atoms with Crippen molar-refractivity contribution in [1.29, 1.82) is 0 Å². The number of nitrogens with zero attached hydrogens (tertiary/aromatic N) is 2. The number of hydrazine groups is 1. The average Bonchev–Trinajstić information content (AvgIpc) is 2.78. The van der Waals surface area contributed by atoms with Gasteiger partial charge in [-0.05, 0) is 32.3 Å². The van der Waals surface area contributed by atoms with E-state index in [0.29, 0.717) is 5.95 Å². The van der Waals surface area contributed by atoms with Crippen LogP contribution in [0.2, 0.25) is 0 Å².